The maximum atomic E-state index is 16.3. The van der Waals surface area contributed by atoms with Crippen LogP contribution < -0.4 is 20.1 Å². The second-order valence-electron chi connectivity index (χ2n) is 11.6. The molecule has 5 rings (SSSR count). The lowest BCUT2D eigenvalue weighted by Crippen LogP contribution is -2.49. The molecular formula is C33H37ClF2N2O5. The molecule has 1 saturated carbocycles. The molecule has 4 N–H and O–H groups in total. The van der Waals surface area contributed by atoms with E-state index in [1.54, 1.807) is 0 Å². The molecular weight excluding hydrogens is 578 g/mol. The fraction of sp³-hybridized carbons (Fsp3) is 0.424. The molecule has 10 heteroatoms. The SMILES string of the molecule is CNC(=O)c1ccc(OCCO)c(F)c1-c1c(Cl)c(F)cc2c1[C@H](C)[C@@](CNC1CCC(C)(O)CC1)(c1ccccc1)O2. The van der Waals surface area contributed by atoms with Gasteiger partial charge in [0.25, 0.3) is 5.91 Å². The number of nitrogens with one attached hydrogen (secondary N) is 2. The smallest absolute Gasteiger partial charge is 0.251 e. The highest BCUT2D eigenvalue weighted by molar-refractivity contribution is 6.34. The summed E-state index contributed by atoms with van der Waals surface area (Å²) < 4.78 is 43.9. The number of aliphatic hydroxyl groups excluding tert-OH is 1. The monoisotopic (exact) mass is 614 g/mol. The second-order valence-corrected chi connectivity index (χ2v) is 12.0. The van der Waals surface area contributed by atoms with Crippen LogP contribution in [-0.2, 0) is 5.60 Å². The third kappa shape index (κ3) is 5.83. The number of carbonyl (C=O) groups is 1. The van der Waals surface area contributed by atoms with Gasteiger partial charge in [-0.05, 0) is 50.3 Å². The number of carbonyl (C=O) groups excluding carboxylic acids is 1. The van der Waals surface area contributed by atoms with Gasteiger partial charge in [0.15, 0.2) is 17.2 Å². The average molecular weight is 615 g/mol. The summed E-state index contributed by atoms with van der Waals surface area (Å²) in [5.41, 5.74) is -0.658. The van der Waals surface area contributed by atoms with Gasteiger partial charge in [-0.2, -0.15) is 0 Å². The van der Waals surface area contributed by atoms with E-state index >= 15 is 8.78 Å². The second kappa shape index (κ2) is 12.4. The molecule has 43 heavy (non-hydrogen) atoms. The van der Waals surface area contributed by atoms with E-state index in [1.165, 1.54) is 25.2 Å². The van der Waals surface area contributed by atoms with Gasteiger partial charge in [0, 0.05) is 48.3 Å². The molecule has 3 aromatic rings. The first-order valence-electron chi connectivity index (χ1n) is 14.5. The topological polar surface area (TPSA) is 100 Å². The minimum absolute atomic E-state index is 0.0150. The summed E-state index contributed by atoms with van der Waals surface area (Å²) in [4.78, 5) is 13.0. The van der Waals surface area contributed by atoms with Gasteiger partial charge >= 0.3 is 0 Å². The molecule has 7 nitrogen and oxygen atoms in total. The number of fused-ring (bicyclic) bond motifs is 1. The van der Waals surface area contributed by atoms with E-state index in [2.05, 4.69) is 10.6 Å². The number of hydrogen-bond acceptors (Lipinski definition) is 6. The fourth-order valence-electron chi connectivity index (χ4n) is 6.35. The van der Waals surface area contributed by atoms with Gasteiger partial charge in [0.1, 0.15) is 18.2 Å². The molecule has 0 unspecified atom stereocenters. The minimum atomic E-state index is -1.02. The zero-order valence-electron chi connectivity index (χ0n) is 24.5. The van der Waals surface area contributed by atoms with E-state index in [9.17, 15) is 15.0 Å². The molecule has 2 atom stereocenters. The Bertz CT molecular complexity index is 1490. The highest BCUT2D eigenvalue weighted by Gasteiger charge is 2.50. The summed E-state index contributed by atoms with van der Waals surface area (Å²) in [5, 5.41) is 25.5. The lowest BCUT2D eigenvalue weighted by molar-refractivity contribution is 0.00890. The summed E-state index contributed by atoms with van der Waals surface area (Å²) in [6, 6.07) is 13.6. The molecule has 1 fully saturated rings. The number of hydrogen-bond donors (Lipinski definition) is 4. The van der Waals surface area contributed by atoms with Crippen LogP contribution in [0, 0.1) is 11.6 Å². The highest BCUT2D eigenvalue weighted by Crippen LogP contribution is 2.56. The molecule has 0 saturated heterocycles. The quantitative estimate of drug-likeness (QED) is 0.247. The van der Waals surface area contributed by atoms with Crippen LogP contribution in [0.2, 0.25) is 5.02 Å². The third-order valence-electron chi connectivity index (χ3n) is 8.80. The van der Waals surface area contributed by atoms with Crippen LogP contribution in [0.4, 0.5) is 8.78 Å². The van der Waals surface area contributed by atoms with E-state index in [0.717, 1.165) is 18.4 Å². The molecule has 230 valence electrons. The maximum absolute atomic E-state index is 16.3. The summed E-state index contributed by atoms with van der Waals surface area (Å²) >= 11 is 6.64. The van der Waals surface area contributed by atoms with Crippen molar-refractivity contribution >= 4 is 17.5 Å². The van der Waals surface area contributed by atoms with Gasteiger partial charge in [0.2, 0.25) is 0 Å². The molecule has 0 aromatic heterocycles. The summed E-state index contributed by atoms with van der Waals surface area (Å²) in [6.07, 6.45) is 2.90. The maximum Gasteiger partial charge on any atom is 0.251 e. The Morgan fingerprint density at radius 3 is 2.49 bits per heavy atom. The lowest BCUT2D eigenvalue weighted by atomic mass is 9.77. The van der Waals surface area contributed by atoms with Crippen LogP contribution in [0.1, 0.15) is 66.9 Å². The number of halogens is 3. The highest BCUT2D eigenvalue weighted by atomic mass is 35.5. The number of amides is 1. The van der Waals surface area contributed by atoms with Crippen LogP contribution in [0.3, 0.4) is 0 Å². The Morgan fingerprint density at radius 2 is 1.84 bits per heavy atom. The molecule has 0 radical (unpaired) electrons. The van der Waals surface area contributed by atoms with Crippen molar-refractivity contribution in [3.63, 3.8) is 0 Å². The van der Waals surface area contributed by atoms with Crippen molar-refractivity contribution in [1.29, 1.82) is 0 Å². The van der Waals surface area contributed by atoms with Gasteiger partial charge in [-0.25, -0.2) is 8.78 Å². The fourth-order valence-corrected chi connectivity index (χ4v) is 6.60. The molecule has 1 amide bonds. The van der Waals surface area contributed by atoms with Gasteiger partial charge in [-0.3, -0.25) is 4.79 Å². The van der Waals surface area contributed by atoms with Crippen molar-refractivity contribution in [3.8, 4) is 22.6 Å². The van der Waals surface area contributed by atoms with Crippen LogP contribution >= 0.6 is 11.6 Å². The van der Waals surface area contributed by atoms with Crippen molar-refractivity contribution in [2.45, 2.75) is 62.7 Å². The minimum Gasteiger partial charge on any atom is -0.488 e. The van der Waals surface area contributed by atoms with Crippen molar-refractivity contribution in [2.24, 2.45) is 0 Å². The van der Waals surface area contributed by atoms with E-state index in [0.29, 0.717) is 24.9 Å². The number of aliphatic hydroxyl groups is 2. The Hall–Kier alpha value is -3.24. The average Bonchev–Trinajstić information content (AvgIpc) is 3.28. The number of ether oxygens (including phenoxy) is 2. The summed E-state index contributed by atoms with van der Waals surface area (Å²) in [7, 11) is 1.42. The van der Waals surface area contributed by atoms with E-state index in [4.69, 9.17) is 21.1 Å². The lowest BCUT2D eigenvalue weighted by Gasteiger charge is -2.38. The predicted octanol–water partition coefficient (Wildman–Crippen LogP) is 5.69. The zero-order chi connectivity index (χ0) is 30.9. The molecule has 0 spiro atoms. The Kier molecular flexibility index (Phi) is 9.00. The summed E-state index contributed by atoms with van der Waals surface area (Å²) in [6.45, 7) is 3.60. The number of benzene rings is 3. The largest absolute Gasteiger partial charge is 0.488 e. The van der Waals surface area contributed by atoms with Crippen LogP contribution in [0.5, 0.6) is 11.5 Å². The van der Waals surface area contributed by atoms with Crippen molar-refractivity contribution in [2.75, 3.05) is 26.8 Å². The van der Waals surface area contributed by atoms with Crippen LogP contribution in [-0.4, -0.2) is 54.6 Å². The molecule has 1 aliphatic heterocycles. The molecule has 1 aliphatic carbocycles. The van der Waals surface area contributed by atoms with Crippen molar-refractivity contribution in [3.05, 3.63) is 81.9 Å². The Labute approximate surface area is 255 Å². The summed E-state index contributed by atoms with van der Waals surface area (Å²) in [5.74, 6) is -2.80. The van der Waals surface area contributed by atoms with E-state index < -0.39 is 34.7 Å². The first-order chi connectivity index (χ1) is 20.5. The predicted molar refractivity (Wildman–Crippen MR) is 161 cm³/mol. The molecule has 3 aromatic carbocycles. The van der Waals surface area contributed by atoms with Crippen molar-refractivity contribution < 1.29 is 33.3 Å². The van der Waals surface area contributed by atoms with Crippen LogP contribution in [0.15, 0.2) is 48.5 Å². The first-order valence-corrected chi connectivity index (χ1v) is 14.9. The van der Waals surface area contributed by atoms with Gasteiger partial charge in [-0.15, -0.1) is 0 Å². The molecule has 1 heterocycles. The standard InChI is InChI=1S/C33H37ClF2N2O5/c1-19-26-25(43-33(19,20-7-5-4-6-8-20)18-38-21-11-13-32(2,41)14-12-21)17-23(35)29(34)28(26)27-22(31(40)37-3)9-10-24(30(27)36)42-16-15-39/h4-10,17,19,21,38-39,41H,11-16,18H2,1-3H3,(H,37,40)/t19-,21?,32?,33-/m0/s1. The van der Waals surface area contributed by atoms with Gasteiger partial charge in [-0.1, -0.05) is 48.9 Å². The first kappa shape index (κ1) is 31.2. The van der Waals surface area contributed by atoms with Crippen molar-refractivity contribution in [1.82, 2.24) is 10.6 Å². The molecule has 2 aliphatic rings. The normalized spacial score (nSPS) is 24.7. The number of rotatable bonds is 9. The molecule has 0 bridgehead atoms. The van der Waals surface area contributed by atoms with Gasteiger partial charge < -0.3 is 30.3 Å². The Morgan fingerprint density at radius 1 is 1.14 bits per heavy atom. The third-order valence-corrected chi connectivity index (χ3v) is 9.17. The van der Waals surface area contributed by atoms with Gasteiger partial charge in [0.05, 0.1) is 22.8 Å². The van der Waals surface area contributed by atoms with Crippen LogP contribution in [0.25, 0.3) is 11.1 Å². The zero-order valence-corrected chi connectivity index (χ0v) is 25.2. The van der Waals surface area contributed by atoms with E-state index in [1.807, 2.05) is 44.2 Å². The Balaban J connectivity index is 1.66. The van der Waals surface area contributed by atoms with E-state index in [-0.39, 0.29) is 52.5 Å².